The molecule has 1 atom stereocenters. The van der Waals surface area contributed by atoms with Crippen LogP contribution in [0.25, 0.3) is 0 Å². The molecule has 0 aliphatic carbocycles. The third-order valence-electron chi connectivity index (χ3n) is 2.25. The molecule has 16 heavy (non-hydrogen) atoms. The van der Waals surface area contributed by atoms with Gasteiger partial charge in [-0.1, -0.05) is 18.7 Å². The van der Waals surface area contributed by atoms with E-state index in [0.717, 1.165) is 23.1 Å². The van der Waals surface area contributed by atoms with Crippen LogP contribution in [0.2, 0.25) is 0 Å². The maximum absolute atomic E-state index is 9.33. The van der Waals surface area contributed by atoms with E-state index in [9.17, 15) is 5.11 Å². The van der Waals surface area contributed by atoms with Gasteiger partial charge in [0.25, 0.3) is 0 Å². The van der Waals surface area contributed by atoms with E-state index >= 15 is 0 Å². The predicted octanol–water partition coefficient (Wildman–Crippen LogP) is 1.24. The Balaban J connectivity index is 2.55. The molecule has 0 bridgehead atoms. The van der Waals surface area contributed by atoms with Gasteiger partial charge in [-0.2, -0.15) is 0 Å². The molecule has 0 radical (unpaired) electrons. The number of rotatable bonds is 6. The molecule has 1 heterocycles. The van der Waals surface area contributed by atoms with Gasteiger partial charge >= 0.3 is 0 Å². The molecule has 4 nitrogen and oxygen atoms in total. The van der Waals surface area contributed by atoms with Gasteiger partial charge in [0.2, 0.25) is 0 Å². The molecule has 1 rings (SSSR count). The minimum Gasteiger partial charge on any atom is -0.394 e. The standard InChI is InChI=1S/C11H19N3OS/c1-4-13-11(3,7-15)8-16-10-12-6-5-9(2)14-10/h5-6,13,15H,4,7-8H2,1-3H3. The largest absolute Gasteiger partial charge is 0.394 e. The summed E-state index contributed by atoms with van der Waals surface area (Å²) in [6, 6.07) is 1.87. The zero-order chi connectivity index (χ0) is 12.0. The van der Waals surface area contributed by atoms with Crippen LogP contribution in [0.15, 0.2) is 17.4 Å². The van der Waals surface area contributed by atoms with Crippen molar-refractivity contribution in [2.24, 2.45) is 0 Å². The van der Waals surface area contributed by atoms with E-state index < -0.39 is 0 Å². The van der Waals surface area contributed by atoms with E-state index in [-0.39, 0.29) is 12.1 Å². The second kappa shape index (κ2) is 6.18. The minimum atomic E-state index is -0.271. The number of hydrogen-bond donors (Lipinski definition) is 2. The first kappa shape index (κ1) is 13.4. The first-order chi connectivity index (χ1) is 7.59. The highest BCUT2D eigenvalue weighted by atomic mass is 32.2. The lowest BCUT2D eigenvalue weighted by atomic mass is 10.1. The Morgan fingerprint density at radius 3 is 2.88 bits per heavy atom. The zero-order valence-corrected chi connectivity index (χ0v) is 10.8. The van der Waals surface area contributed by atoms with Crippen LogP contribution in [0.3, 0.4) is 0 Å². The maximum atomic E-state index is 9.33. The second-order valence-corrected chi connectivity index (χ2v) is 4.96. The highest BCUT2D eigenvalue weighted by Gasteiger charge is 2.22. The van der Waals surface area contributed by atoms with E-state index in [1.165, 1.54) is 0 Å². The molecule has 0 saturated carbocycles. The Morgan fingerprint density at radius 1 is 1.56 bits per heavy atom. The SMILES string of the molecule is CCNC(C)(CO)CSc1nccc(C)n1. The first-order valence-electron chi connectivity index (χ1n) is 5.38. The number of aliphatic hydroxyl groups excluding tert-OH is 1. The molecule has 0 fully saturated rings. The van der Waals surface area contributed by atoms with Crippen LogP contribution in [-0.4, -0.2) is 39.5 Å². The molecule has 90 valence electrons. The molecule has 1 aromatic rings. The van der Waals surface area contributed by atoms with Crippen molar-refractivity contribution in [3.05, 3.63) is 18.0 Å². The Morgan fingerprint density at radius 2 is 2.31 bits per heavy atom. The van der Waals surface area contributed by atoms with Crippen LogP contribution < -0.4 is 5.32 Å². The normalized spacial score (nSPS) is 14.8. The molecule has 0 aliphatic rings. The van der Waals surface area contributed by atoms with Crippen LogP contribution in [0.4, 0.5) is 0 Å². The van der Waals surface area contributed by atoms with Crippen molar-refractivity contribution < 1.29 is 5.11 Å². The maximum Gasteiger partial charge on any atom is 0.187 e. The third-order valence-corrected chi connectivity index (χ3v) is 3.48. The van der Waals surface area contributed by atoms with Gasteiger partial charge in [-0.15, -0.1) is 0 Å². The monoisotopic (exact) mass is 241 g/mol. The van der Waals surface area contributed by atoms with E-state index in [1.807, 2.05) is 26.8 Å². The summed E-state index contributed by atoms with van der Waals surface area (Å²) >= 11 is 1.56. The molecule has 0 saturated heterocycles. The van der Waals surface area contributed by atoms with E-state index in [4.69, 9.17) is 0 Å². The lowest BCUT2D eigenvalue weighted by Crippen LogP contribution is -2.47. The minimum absolute atomic E-state index is 0.111. The van der Waals surface area contributed by atoms with Crippen molar-refractivity contribution in [3.8, 4) is 0 Å². The average molecular weight is 241 g/mol. The molecule has 5 heteroatoms. The van der Waals surface area contributed by atoms with Gasteiger partial charge in [0, 0.05) is 23.2 Å². The van der Waals surface area contributed by atoms with Crippen molar-refractivity contribution in [1.82, 2.24) is 15.3 Å². The van der Waals surface area contributed by atoms with Crippen LogP contribution in [0, 0.1) is 6.92 Å². The van der Waals surface area contributed by atoms with E-state index in [0.29, 0.717) is 0 Å². The number of hydrogen-bond acceptors (Lipinski definition) is 5. The van der Waals surface area contributed by atoms with Crippen LogP contribution in [0.1, 0.15) is 19.5 Å². The summed E-state index contributed by atoms with van der Waals surface area (Å²) in [5, 5.41) is 13.4. The number of nitrogens with zero attached hydrogens (tertiary/aromatic N) is 2. The zero-order valence-electron chi connectivity index (χ0n) is 10.0. The Hall–Kier alpha value is -0.650. The summed E-state index contributed by atoms with van der Waals surface area (Å²) in [6.45, 7) is 6.92. The summed E-state index contributed by atoms with van der Waals surface area (Å²) in [5.41, 5.74) is 0.693. The van der Waals surface area contributed by atoms with E-state index in [2.05, 4.69) is 15.3 Å². The third kappa shape index (κ3) is 4.08. The van der Waals surface area contributed by atoms with Crippen molar-refractivity contribution in [1.29, 1.82) is 0 Å². The molecular weight excluding hydrogens is 222 g/mol. The smallest absolute Gasteiger partial charge is 0.187 e. The Bertz CT molecular complexity index is 335. The molecule has 0 spiro atoms. The van der Waals surface area contributed by atoms with Gasteiger partial charge in [-0.05, 0) is 26.5 Å². The second-order valence-electron chi connectivity index (χ2n) is 4.02. The Kier molecular flexibility index (Phi) is 5.18. The number of likely N-dealkylation sites (N-methyl/N-ethyl adjacent to an activating group) is 1. The fraction of sp³-hybridized carbons (Fsp3) is 0.636. The highest BCUT2D eigenvalue weighted by molar-refractivity contribution is 7.99. The molecule has 2 N–H and O–H groups in total. The van der Waals surface area contributed by atoms with Gasteiger partial charge in [0.05, 0.1) is 6.61 Å². The van der Waals surface area contributed by atoms with Gasteiger partial charge < -0.3 is 10.4 Å². The fourth-order valence-electron chi connectivity index (χ4n) is 1.30. The summed E-state index contributed by atoms with van der Waals surface area (Å²) in [7, 11) is 0. The quantitative estimate of drug-likeness (QED) is 0.579. The van der Waals surface area contributed by atoms with Crippen molar-refractivity contribution in [3.63, 3.8) is 0 Å². The lowest BCUT2D eigenvalue weighted by Gasteiger charge is -2.27. The van der Waals surface area contributed by atoms with Crippen LogP contribution in [0.5, 0.6) is 0 Å². The summed E-state index contributed by atoms with van der Waals surface area (Å²) < 4.78 is 0. The Labute approximate surface area is 101 Å². The van der Waals surface area contributed by atoms with Crippen molar-refractivity contribution >= 4 is 11.8 Å². The van der Waals surface area contributed by atoms with Gasteiger partial charge in [0.15, 0.2) is 5.16 Å². The van der Waals surface area contributed by atoms with Gasteiger partial charge in [-0.25, -0.2) is 9.97 Å². The summed E-state index contributed by atoms with van der Waals surface area (Å²) in [4.78, 5) is 8.49. The van der Waals surface area contributed by atoms with Gasteiger partial charge in [0.1, 0.15) is 0 Å². The lowest BCUT2D eigenvalue weighted by molar-refractivity contribution is 0.194. The topological polar surface area (TPSA) is 58.0 Å². The van der Waals surface area contributed by atoms with E-state index in [1.54, 1.807) is 18.0 Å². The number of thioether (sulfide) groups is 1. The van der Waals surface area contributed by atoms with Crippen LogP contribution >= 0.6 is 11.8 Å². The summed E-state index contributed by atoms with van der Waals surface area (Å²) in [6.07, 6.45) is 1.76. The molecule has 0 aliphatic heterocycles. The number of aromatic nitrogens is 2. The highest BCUT2D eigenvalue weighted by Crippen LogP contribution is 2.18. The molecular formula is C11H19N3OS. The number of aryl methyl sites for hydroxylation is 1. The molecule has 1 unspecified atom stereocenters. The molecule has 0 amide bonds. The van der Waals surface area contributed by atoms with Crippen molar-refractivity contribution in [2.75, 3.05) is 18.9 Å². The molecule has 0 aromatic carbocycles. The van der Waals surface area contributed by atoms with Crippen LogP contribution in [-0.2, 0) is 0 Å². The predicted molar refractivity (Wildman–Crippen MR) is 66.7 cm³/mol. The van der Waals surface area contributed by atoms with Gasteiger partial charge in [-0.3, -0.25) is 0 Å². The first-order valence-corrected chi connectivity index (χ1v) is 6.36. The summed E-state index contributed by atoms with van der Waals surface area (Å²) in [5.74, 6) is 0.751. The average Bonchev–Trinajstić information content (AvgIpc) is 2.27. The number of aliphatic hydroxyl groups is 1. The fourth-order valence-corrected chi connectivity index (χ4v) is 2.28. The number of nitrogens with one attached hydrogen (secondary N) is 1. The molecule has 1 aromatic heterocycles. The van der Waals surface area contributed by atoms with Crippen molar-refractivity contribution in [2.45, 2.75) is 31.5 Å².